The Morgan fingerprint density at radius 3 is 1.90 bits per heavy atom. The molecule has 0 radical (unpaired) electrons. The van der Waals surface area contributed by atoms with Crippen molar-refractivity contribution in [3.63, 3.8) is 0 Å². The van der Waals surface area contributed by atoms with Gasteiger partial charge < -0.3 is 13.9 Å². The number of fused-ring (bicyclic) bond motifs is 3. The predicted molar refractivity (Wildman–Crippen MR) is 213 cm³/mol. The van der Waals surface area contributed by atoms with Crippen molar-refractivity contribution in [3.8, 4) is 22.3 Å². The molecule has 1 saturated heterocycles. The molecule has 2 heterocycles. The van der Waals surface area contributed by atoms with Crippen molar-refractivity contribution in [2.45, 2.75) is 68.4 Å². The van der Waals surface area contributed by atoms with Gasteiger partial charge in [0.25, 0.3) is 0 Å². The molecule has 6 rings (SSSR count). The molecule has 0 spiro atoms. The fourth-order valence-corrected chi connectivity index (χ4v) is 6.92. The quantitative estimate of drug-likeness (QED) is 0.151. The molecule has 2 aliphatic heterocycles. The van der Waals surface area contributed by atoms with Gasteiger partial charge >= 0.3 is 0 Å². The average Bonchev–Trinajstić information content (AvgIpc) is 3.07. The van der Waals surface area contributed by atoms with Gasteiger partial charge in [-0.3, -0.25) is 0 Å². The summed E-state index contributed by atoms with van der Waals surface area (Å²) in [5, 5.41) is 0. The molecule has 0 bridgehead atoms. The SMILES string of the molecule is C=C(C)Cc1c(C)c2c(c(C)c1-c1ccc(C)cc1)-c1cc(C(=C)N3CCOCC3)ccc1CN2SC.CC(C)(C)C.c1ccccc1. The summed E-state index contributed by atoms with van der Waals surface area (Å²) in [7, 11) is 0. The van der Waals surface area contributed by atoms with Crippen LogP contribution in [0.4, 0.5) is 5.69 Å². The lowest BCUT2D eigenvalue weighted by Crippen LogP contribution is -2.34. The number of anilines is 1. The van der Waals surface area contributed by atoms with Crippen LogP contribution in [0.2, 0.25) is 0 Å². The van der Waals surface area contributed by atoms with E-state index in [0.29, 0.717) is 5.41 Å². The summed E-state index contributed by atoms with van der Waals surface area (Å²) in [6, 6.07) is 27.9. The van der Waals surface area contributed by atoms with Gasteiger partial charge in [0.2, 0.25) is 0 Å². The Kier molecular flexibility index (Phi) is 12.8. The van der Waals surface area contributed by atoms with E-state index >= 15 is 0 Å². The molecule has 4 aromatic carbocycles. The number of ether oxygens (including phenoxy) is 1. The van der Waals surface area contributed by atoms with Crippen LogP contribution in [0, 0.1) is 26.2 Å². The number of aryl methyl sites for hydroxylation is 1. The van der Waals surface area contributed by atoms with Crippen molar-refractivity contribution < 1.29 is 4.74 Å². The van der Waals surface area contributed by atoms with Crippen molar-refractivity contribution in [1.82, 2.24) is 4.90 Å². The van der Waals surface area contributed by atoms with Gasteiger partial charge in [-0.05, 0) is 90.1 Å². The number of hydrogen-bond donors (Lipinski definition) is 0. The lowest BCUT2D eigenvalue weighted by Gasteiger charge is -2.36. The Balaban J connectivity index is 0.000000404. The largest absolute Gasteiger partial charge is 0.378 e. The van der Waals surface area contributed by atoms with Gasteiger partial charge in [-0.2, -0.15) is 0 Å². The molecule has 0 aromatic heterocycles. The van der Waals surface area contributed by atoms with E-state index in [9.17, 15) is 0 Å². The Hall–Kier alpha value is -3.73. The Bertz CT molecular complexity index is 1660. The monoisotopic (exact) mass is 660 g/mol. The molecule has 0 atom stereocenters. The minimum atomic E-state index is 0.500. The molecular weight excluding hydrogens is 605 g/mol. The molecule has 48 heavy (non-hydrogen) atoms. The molecule has 0 saturated carbocycles. The van der Waals surface area contributed by atoms with Gasteiger partial charge in [0.15, 0.2) is 0 Å². The summed E-state index contributed by atoms with van der Waals surface area (Å²) < 4.78 is 8.05. The second-order valence-electron chi connectivity index (χ2n) is 14.6. The summed E-state index contributed by atoms with van der Waals surface area (Å²) in [6.45, 7) is 30.6. The summed E-state index contributed by atoms with van der Waals surface area (Å²) in [5.74, 6) is 0. The first kappa shape index (κ1) is 37.1. The zero-order valence-electron chi connectivity index (χ0n) is 30.9. The lowest BCUT2D eigenvalue weighted by molar-refractivity contribution is 0.0641. The molecular formula is C44H56N2OS. The Morgan fingerprint density at radius 1 is 0.812 bits per heavy atom. The van der Waals surface area contributed by atoms with Gasteiger partial charge in [0.05, 0.1) is 25.4 Å². The maximum atomic E-state index is 5.58. The zero-order valence-corrected chi connectivity index (χ0v) is 31.7. The molecule has 0 amide bonds. The maximum absolute atomic E-state index is 5.58. The van der Waals surface area contributed by atoms with Crippen LogP contribution in [-0.4, -0.2) is 37.5 Å². The number of allylic oxidation sites excluding steroid dienone is 1. The van der Waals surface area contributed by atoms with E-state index in [4.69, 9.17) is 4.74 Å². The fourth-order valence-electron chi connectivity index (χ4n) is 6.24. The molecule has 3 nitrogen and oxygen atoms in total. The number of rotatable bonds is 6. The third-order valence-corrected chi connectivity index (χ3v) is 9.22. The summed E-state index contributed by atoms with van der Waals surface area (Å²) in [5.41, 5.74) is 17.4. The summed E-state index contributed by atoms with van der Waals surface area (Å²) in [4.78, 5) is 2.36. The van der Waals surface area contributed by atoms with Crippen LogP contribution in [0.1, 0.15) is 68.0 Å². The standard InChI is InChI=1S/C33H38N2OS.C6H6.C5H12/c1-21(2)18-29-23(4)33-32(24(5)31(29)26-10-8-22(3)9-11-26)30-19-27(12-13-28(30)20-35(33)37-7)25(6)34-14-16-36-17-15-34;1-2-4-6-5-3-1;1-5(2,3)4/h8-13,19H,1,6,14-18,20H2,2-5,7H3;1-6H;1-4H3. The van der Waals surface area contributed by atoms with E-state index in [1.165, 1.54) is 66.9 Å². The van der Waals surface area contributed by atoms with Gasteiger partial charge in [0.1, 0.15) is 0 Å². The molecule has 2 aliphatic rings. The number of hydrogen-bond acceptors (Lipinski definition) is 4. The minimum absolute atomic E-state index is 0.500. The van der Waals surface area contributed by atoms with E-state index < -0.39 is 0 Å². The van der Waals surface area contributed by atoms with Crippen molar-refractivity contribution in [3.05, 3.63) is 131 Å². The lowest BCUT2D eigenvalue weighted by atomic mass is 9.80. The first-order chi connectivity index (χ1) is 22.8. The van der Waals surface area contributed by atoms with E-state index in [1.807, 2.05) is 48.3 Å². The van der Waals surface area contributed by atoms with Crippen LogP contribution < -0.4 is 4.31 Å². The van der Waals surface area contributed by atoms with Crippen molar-refractivity contribution in [2.24, 2.45) is 5.41 Å². The van der Waals surface area contributed by atoms with Crippen molar-refractivity contribution in [2.75, 3.05) is 36.9 Å². The normalized spacial score (nSPS) is 13.7. The van der Waals surface area contributed by atoms with Gasteiger partial charge in [-0.15, -0.1) is 0 Å². The smallest absolute Gasteiger partial charge is 0.0642 e. The minimum Gasteiger partial charge on any atom is -0.378 e. The summed E-state index contributed by atoms with van der Waals surface area (Å²) in [6.07, 6.45) is 3.07. The molecule has 254 valence electrons. The van der Waals surface area contributed by atoms with E-state index in [1.54, 1.807) is 0 Å². The number of morpholine rings is 1. The highest BCUT2D eigenvalue weighted by Gasteiger charge is 2.30. The first-order valence-electron chi connectivity index (χ1n) is 17.1. The van der Waals surface area contributed by atoms with Crippen LogP contribution in [0.3, 0.4) is 0 Å². The third kappa shape index (κ3) is 9.45. The molecule has 4 heteroatoms. The van der Waals surface area contributed by atoms with Crippen molar-refractivity contribution >= 4 is 23.3 Å². The molecule has 0 N–H and O–H groups in total. The van der Waals surface area contributed by atoms with Crippen LogP contribution in [0.5, 0.6) is 0 Å². The predicted octanol–water partition coefficient (Wildman–Crippen LogP) is 11.7. The Labute approximate surface area is 295 Å². The molecule has 0 aliphatic carbocycles. The topological polar surface area (TPSA) is 15.7 Å². The highest BCUT2D eigenvalue weighted by molar-refractivity contribution is 7.99. The van der Waals surface area contributed by atoms with Crippen LogP contribution >= 0.6 is 11.9 Å². The number of nitrogens with zero attached hydrogens (tertiary/aromatic N) is 2. The van der Waals surface area contributed by atoms with Crippen LogP contribution in [0.25, 0.3) is 28.0 Å². The fraction of sp³-hybridized carbons (Fsp3) is 0.364. The second kappa shape index (κ2) is 16.6. The average molecular weight is 661 g/mol. The second-order valence-corrected chi connectivity index (χ2v) is 15.4. The van der Waals surface area contributed by atoms with Crippen LogP contribution in [0.15, 0.2) is 97.6 Å². The van der Waals surface area contributed by atoms with E-state index in [0.717, 1.165) is 45.0 Å². The summed E-state index contributed by atoms with van der Waals surface area (Å²) >= 11 is 1.81. The molecule has 1 fully saturated rings. The maximum Gasteiger partial charge on any atom is 0.0642 e. The Morgan fingerprint density at radius 2 is 1.38 bits per heavy atom. The molecule has 0 unspecified atom stereocenters. The zero-order chi connectivity index (χ0) is 35.0. The van der Waals surface area contributed by atoms with Gasteiger partial charge in [0, 0.05) is 30.6 Å². The van der Waals surface area contributed by atoms with Gasteiger partial charge in [-0.25, -0.2) is 0 Å². The highest BCUT2D eigenvalue weighted by atomic mass is 32.2. The highest BCUT2D eigenvalue weighted by Crippen LogP contribution is 2.51. The number of benzene rings is 4. The van der Waals surface area contributed by atoms with Crippen LogP contribution in [-0.2, 0) is 17.7 Å². The van der Waals surface area contributed by atoms with Gasteiger partial charge in [-0.1, -0.05) is 137 Å². The first-order valence-corrected chi connectivity index (χ1v) is 18.3. The van der Waals surface area contributed by atoms with E-state index in [-0.39, 0.29) is 0 Å². The molecule has 4 aromatic rings. The van der Waals surface area contributed by atoms with E-state index in [2.05, 4.69) is 126 Å². The third-order valence-electron chi connectivity index (χ3n) is 8.47. The van der Waals surface area contributed by atoms with Crippen molar-refractivity contribution in [1.29, 1.82) is 0 Å².